The van der Waals surface area contributed by atoms with Crippen LogP contribution in [0.5, 0.6) is 0 Å². The van der Waals surface area contributed by atoms with Crippen molar-refractivity contribution < 1.29 is 4.79 Å². The fourth-order valence-corrected chi connectivity index (χ4v) is 2.37. The lowest BCUT2D eigenvalue weighted by atomic mass is 10.0. The van der Waals surface area contributed by atoms with E-state index in [1.54, 1.807) is 24.5 Å². The van der Waals surface area contributed by atoms with Gasteiger partial charge in [-0.2, -0.15) is 0 Å². The van der Waals surface area contributed by atoms with E-state index in [1.807, 2.05) is 6.07 Å². The van der Waals surface area contributed by atoms with E-state index in [4.69, 9.17) is 0 Å². The summed E-state index contributed by atoms with van der Waals surface area (Å²) in [6.45, 7) is 3.82. The van der Waals surface area contributed by atoms with E-state index in [2.05, 4.69) is 27.5 Å². The first-order valence-electron chi connectivity index (χ1n) is 6.40. The first-order chi connectivity index (χ1) is 9.16. The number of amides is 1. The molecule has 2 heterocycles. The van der Waals surface area contributed by atoms with Crippen molar-refractivity contribution in [3.8, 4) is 0 Å². The van der Waals surface area contributed by atoms with E-state index < -0.39 is 0 Å². The van der Waals surface area contributed by atoms with Gasteiger partial charge in [-0.25, -0.2) is 0 Å². The van der Waals surface area contributed by atoms with Crippen LogP contribution in [0.15, 0.2) is 30.6 Å². The van der Waals surface area contributed by atoms with Crippen LogP contribution in [0.25, 0.3) is 11.0 Å². The summed E-state index contributed by atoms with van der Waals surface area (Å²) < 4.78 is 0. The Morgan fingerprint density at radius 2 is 2.11 bits per heavy atom. The molecule has 98 valence electrons. The van der Waals surface area contributed by atoms with Gasteiger partial charge in [-0.05, 0) is 38.1 Å². The van der Waals surface area contributed by atoms with Gasteiger partial charge in [0.1, 0.15) is 0 Å². The van der Waals surface area contributed by atoms with Crippen molar-refractivity contribution in [2.45, 2.75) is 18.9 Å². The number of nitrogens with zero attached hydrogens (tertiary/aromatic N) is 2. The van der Waals surface area contributed by atoms with E-state index in [0.717, 1.165) is 30.5 Å². The second kappa shape index (κ2) is 4.59. The van der Waals surface area contributed by atoms with Crippen molar-refractivity contribution in [1.82, 2.24) is 20.6 Å². The number of aromatic nitrogens is 2. The molecule has 2 aromatic rings. The number of carbonyl (C=O) groups is 1. The highest BCUT2D eigenvalue weighted by Gasteiger charge is 2.30. The Morgan fingerprint density at radius 3 is 2.84 bits per heavy atom. The van der Waals surface area contributed by atoms with Gasteiger partial charge in [0.15, 0.2) is 0 Å². The summed E-state index contributed by atoms with van der Waals surface area (Å²) in [6.07, 6.45) is 4.23. The van der Waals surface area contributed by atoms with Crippen LogP contribution in [0.4, 0.5) is 0 Å². The molecular weight excluding hydrogens is 240 g/mol. The van der Waals surface area contributed by atoms with Gasteiger partial charge < -0.3 is 10.6 Å². The number of fused-ring (bicyclic) bond motifs is 1. The van der Waals surface area contributed by atoms with E-state index >= 15 is 0 Å². The van der Waals surface area contributed by atoms with Gasteiger partial charge in [0, 0.05) is 24.5 Å². The second-order valence-electron chi connectivity index (χ2n) is 5.20. The molecule has 0 radical (unpaired) electrons. The molecule has 1 aromatic heterocycles. The summed E-state index contributed by atoms with van der Waals surface area (Å²) in [4.78, 5) is 20.7. The molecule has 3 rings (SSSR count). The monoisotopic (exact) mass is 256 g/mol. The first-order valence-corrected chi connectivity index (χ1v) is 6.40. The van der Waals surface area contributed by atoms with E-state index in [9.17, 15) is 4.79 Å². The molecule has 1 aliphatic heterocycles. The first kappa shape index (κ1) is 12.0. The van der Waals surface area contributed by atoms with Gasteiger partial charge in [0.05, 0.1) is 16.6 Å². The summed E-state index contributed by atoms with van der Waals surface area (Å²) in [5.41, 5.74) is 2.01. The molecule has 1 unspecified atom stereocenters. The van der Waals surface area contributed by atoms with Crippen molar-refractivity contribution in [1.29, 1.82) is 0 Å². The summed E-state index contributed by atoms with van der Waals surface area (Å²) in [5, 5.41) is 6.35. The SMILES string of the molecule is CC1(NC(=O)c2ccc3nccnc3c2)CCNC1. The number of carbonyl (C=O) groups excluding carboxylic acids is 1. The summed E-state index contributed by atoms with van der Waals surface area (Å²) in [5.74, 6) is -0.0567. The largest absolute Gasteiger partial charge is 0.346 e. The Bertz CT molecular complexity index is 620. The zero-order valence-electron chi connectivity index (χ0n) is 10.8. The van der Waals surface area contributed by atoms with Crippen LogP contribution < -0.4 is 10.6 Å². The van der Waals surface area contributed by atoms with E-state index in [1.165, 1.54) is 0 Å². The summed E-state index contributed by atoms with van der Waals surface area (Å²) in [6, 6.07) is 5.40. The fraction of sp³-hybridized carbons (Fsp3) is 0.357. The predicted octanol–water partition coefficient (Wildman–Crippen LogP) is 1.11. The van der Waals surface area contributed by atoms with Crippen LogP contribution in [-0.2, 0) is 0 Å². The van der Waals surface area contributed by atoms with Crippen molar-refractivity contribution >= 4 is 16.9 Å². The molecule has 19 heavy (non-hydrogen) atoms. The van der Waals surface area contributed by atoms with E-state index in [-0.39, 0.29) is 11.4 Å². The highest BCUT2D eigenvalue weighted by Crippen LogP contribution is 2.16. The Hall–Kier alpha value is -2.01. The summed E-state index contributed by atoms with van der Waals surface area (Å²) in [7, 11) is 0. The Morgan fingerprint density at radius 1 is 1.32 bits per heavy atom. The smallest absolute Gasteiger partial charge is 0.251 e. The molecule has 2 N–H and O–H groups in total. The molecule has 1 aromatic carbocycles. The minimum atomic E-state index is -0.158. The Labute approximate surface area is 111 Å². The quantitative estimate of drug-likeness (QED) is 0.844. The zero-order chi connectivity index (χ0) is 13.3. The molecule has 0 aliphatic carbocycles. The third kappa shape index (κ3) is 2.42. The molecule has 0 spiro atoms. The summed E-state index contributed by atoms with van der Waals surface area (Å²) >= 11 is 0. The van der Waals surface area contributed by atoms with Crippen LogP contribution >= 0.6 is 0 Å². The molecule has 1 atom stereocenters. The zero-order valence-corrected chi connectivity index (χ0v) is 10.8. The molecule has 5 heteroatoms. The maximum Gasteiger partial charge on any atom is 0.251 e. The van der Waals surface area contributed by atoms with Crippen molar-refractivity contribution in [2.24, 2.45) is 0 Å². The van der Waals surface area contributed by atoms with Crippen LogP contribution in [0, 0.1) is 0 Å². The molecule has 1 aliphatic rings. The molecule has 1 amide bonds. The lowest BCUT2D eigenvalue weighted by Crippen LogP contribution is -2.47. The van der Waals surface area contributed by atoms with Gasteiger partial charge in [-0.3, -0.25) is 14.8 Å². The van der Waals surface area contributed by atoms with Crippen molar-refractivity contribution in [3.05, 3.63) is 36.2 Å². The van der Waals surface area contributed by atoms with Gasteiger partial charge in [0.2, 0.25) is 0 Å². The van der Waals surface area contributed by atoms with Crippen LogP contribution in [0.1, 0.15) is 23.7 Å². The lowest BCUT2D eigenvalue weighted by Gasteiger charge is -2.24. The molecular formula is C14H16N4O. The van der Waals surface area contributed by atoms with E-state index in [0.29, 0.717) is 5.56 Å². The number of benzene rings is 1. The highest BCUT2D eigenvalue weighted by molar-refractivity contribution is 5.97. The van der Waals surface area contributed by atoms with Gasteiger partial charge in [0.25, 0.3) is 5.91 Å². The normalized spacial score (nSPS) is 22.6. The Kier molecular flexibility index (Phi) is 2.91. The van der Waals surface area contributed by atoms with Gasteiger partial charge in [-0.15, -0.1) is 0 Å². The number of hydrogen-bond acceptors (Lipinski definition) is 4. The predicted molar refractivity (Wildman–Crippen MR) is 72.9 cm³/mol. The van der Waals surface area contributed by atoms with Crippen molar-refractivity contribution in [3.63, 3.8) is 0 Å². The number of hydrogen-bond donors (Lipinski definition) is 2. The fourth-order valence-electron chi connectivity index (χ4n) is 2.37. The topological polar surface area (TPSA) is 66.9 Å². The second-order valence-corrected chi connectivity index (χ2v) is 5.20. The maximum atomic E-state index is 12.3. The molecule has 0 bridgehead atoms. The molecule has 1 saturated heterocycles. The third-order valence-electron chi connectivity index (χ3n) is 3.52. The Balaban J connectivity index is 1.85. The van der Waals surface area contributed by atoms with Gasteiger partial charge >= 0.3 is 0 Å². The number of nitrogens with one attached hydrogen (secondary N) is 2. The van der Waals surface area contributed by atoms with Crippen LogP contribution in [0.2, 0.25) is 0 Å². The molecule has 1 fully saturated rings. The molecule has 5 nitrogen and oxygen atoms in total. The standard InChI is InChI=1S/C14H16N4O/c1-14(4-5-15-9-14)18-13(19)10-2-3-11-12(8-10)17-7-6-16-11/h2-3,6-8,15H,4-5,9H2,1H3,(H,18,19). The van der Waals surface area contributed by atoms with Crippen molar-refractivity contribution in [2.75, 3.05) is 13.1 Å². The third-order valence-corrected chi connectivity index (χ3v) is 3.52. The average Bonchev–Trinajstić information content (AvgIpc) is 2.84. The minimum Gasteiger partial charge on any atom is -0.346 e. The lowest BCUT2D eigenvalue weighted by molar-refractivity contribution is 0.0913. The van der Waals surface area contributed by atoms with Gasteiger partial charge in [-0.1, -0.05) is 0 Å². The number of rotatable bonds is 2. The molecule has 0 saturated carbocycles. The highest BCUT2D eigenvalue weighted by atomic mass is 16.1. The van der Waals surface area contributed by atoms with Crippen LogP contribution in [0.3, 0.4) is 0 Å². The maximum absolute atomic E-state index is 12.3. The van der Waals surface area contributed by atoms with Crippen LogP contribution in [-0.4, -0.2) is 34.5 Å². The average molecular weight is 256 g/mol. The minimum absolute atomic E-state index is 0.0567.